The Morgan fingerprint density at radius 1 is 1.40 bits per heavy atom. The molecular weight excluding hydrogens is 352 g/mol. The van der Waals surface area contributed by atoms with Gasteiger partial charge < -0.3 is 10.1 Å². The third-order valence-electron chi connectivity index (χ3n) is 2.63. The van der Waals surface area contributed by atoms with Gasteiger partial charge in [-0.1, -0.05) is 4.89 Å². The van der Waals surface area contributed by atoms with E-state index in [0.717, 1.165) is 0 Å². The van der Waals surface area contributed by atoms with E-state index in [2.05, 4.69) is 21.2 Å². The first-order valence-corrected chi connectivity index (χ1v) is 7.96. The number of rotatable bonds is 6. The molecule has 0 aromatic heterocycles. The first-order valence-electron chi connectivity index (χ1n) is 5.69. The third-order valence-corrected chi connectivity index (χ3v) is 4.80. The second-order valence-electron chi connectivity index (χ2n) is 4.09. The molecule has 0 unspecified atom stereocenters. The molecule has 110 valence electrons. The van der Waals surface area contributed by atoms with Crippen molar-refractivity contribution in [1.82, 2.24) is 4.89 Å². The predicted octanol–water partition coefficient (Wildman–Crippen LogP) is 0.800. The summed E-state index contributed by atoms with van der Waals surface area (Å²) in [5.74, 6) is -0.161. The van der Waals surface area contributed by atoms with Crippen molar-refractivity contribution in [3.63, 3.8) is 0 Å². The molecule has 7 nitrogen and oxygen atoms in total. The van der Waals surface area contributed by atoms with E-state index in [4.69, 9.17) is 9.57 Å². The predicted molar refractivity (Wildman–Crippen MR) is 74.6 cm³/mol. The van der Waals surface area contributed by atoms with Crippen molar-refractivity contribution in [3.05, 3.63) is 22.2 Å². The highest BCUT2D eigenvalue weighted by Gasteiger charge is 2.25. The van der Waals surface area contributed by atoms with E-state index in [1.807, 2.05) is 4.89 Å². The van der Waals surface area contributed by atoms with Crippen LogP contribution in [0.5, 0.6) is 0 Å². The number of carbonyl (C=O) groups is 1. The summed E-state index contributed by atoms with van der Waals surface area (Å²) in [7, 11) is -2.34. The fourth-order valence-electron chi connectivity index (χ4n) is 1.72. The lowest BCUT2D eigenvalue weighted by molar-refractivity contribution is -0.115. The Morgan fingerprint density at radius 3 is 2.85 bits per heavy atom. The van der Waals surface area contributed by atoms with Crippen LogP contribution in [0.4, 0.5) is 5.69 Å². The lowest BCUT2D eigenvalue weighted by Crippen LogP contribution is -2.26. The van der Waals surface area contributed by atoms with E-state index in [1.165, 1.54) is 13.2 Å². The smallest absolute Gasteiger partial charge is 0.263 e. The van der Waals surface area contributed by atoms with E-state index in [9.17, 15) is 13.2 Å². The molecule has 0 radical (unpaired) electrons. The number of fused-ring (bicyclic) bond motifs is 1. The molecular formula is C11H13BrN2O5S. The van der Waals surface area contributed by atoms with Gasteiger partial charge in [0, 0.05) is 17.3 Å². The molecule has 0 spiro atoms. The maximum absolute atomic E-state index is 12.1. The van der Waals surface area contributed by atoms with Crippen molar-refractivity contribution < 1.29 is 22.8 Å². The molecule has 9 heteroatoms. The fraction of sp³-hybridized carbons (Fsp3) is 0.364. The summed E-state index contributed by atoms with van der Waals surface area (Å²) in [5, 5.41) is 2.64. The number of halogens is 1. The number of nitrogens with one attached hydrogen (secondary N) is 2. The van der Waals surface area contributed by atoms with Gasteiger partial charge in [-0.05, 0) is 33.6 Å². The number of ether oxygens (including phenoxy) is 1. The van der Waals surface area contributed by atoms with E-state index in [1.54, 1.807) is 6.07 Å². The number of sulfonamides is 1. The van der Waals surface area contributed by atoms with Gasteiger partial charge in [0.1, 0.15) is 0 Å². The molecule has 1 aliphatic rings. The Balaban J connectivity index is 2.20. The summed E-state index contributed by atoms with van der Waals surface area (Å²) in [5.41, 5.74) is 1.25. The van der Waals surface area contributed by atoms with Crippen molar-refractivity contribution in [2.45, 2.75) is 11.3 Å². The molecule has 2 N–H and O–H groups in total. The zero-order valence-electron chi connectivity index (χ0n) is 10.6. The summed E-state index contributed by atoms with van der Waals surface area (Å²) >= 11 is 3.18. The van der Waals surface area contributed by atoms with Crippen LogP contribution in [0.25, 0.3) is 0 Å². The zero-order valence-corrected chi connectivity index (χ0v) is 13.0. The van der Waals surface area contributed by atoms with Crippen molar-refractivity contribution in [2.24, 2.45) is 0 Å². The molecule has 0 aliphatic carbocycles. The first-order chi connectivity index (χ1) is 9.44. The average molecular weight is 365 g/mol. The third kappa shape index (κ3) is 3.36. The molecule has 0 saturated carbocycles. The van der Waals surface area contributed by atoms with Gasteiger partial charge in [-0.15, -0.1) is 0 Å². The first kappa shape index (κ1) is 15.4. The second kappa shape index (κ2) is 6.19. The van der Waals surface area contributed by atoms with Gasteiger partial charge in [0.05, 0.1) is 24.5 Å². The molecule has 20 heavy (non-hydrogen) atoms. The minimum absolute atomic E-state index is 0.0187. The Bertz CT molecular complexity index is 632. The van der Waals surface area contributed by atoms with Gasteiger partial charge in [0.25, 0.3) is 10.0 Å². The molecule has 0 fully saturated rings. The average Bonchev–Trinajstić information content (AvgIpc) is 2.73. The van der Waals surface area contributed by atoms with Crippen molar-refractivity contribution in [3.8, 4) is 0 Å². The minimum Gasteiger partial charge on any atom is -0.382 e. The van der Waals surface area contributed by atoms with Crippen LogP contribution in [-0.2, 0) is 30.8 Å². The molecule has 1 aliphatic heterocycles. The van der Waals surface area contributed by atoms with E-state index in [0.29, 0.717) is 15.7 Å². The second-order valence-corrected chi connectivity index (χ2v) is 6.56. The Kier molecular flexibility index (Phi) is 4.76. The SMILES string of the molecule is COCCONS(=O)(=O)c1cc2c(cc1Br)NC(=O)C2. The van der Waals surface area contributed by atoms with E-state index in [-0.39, 0.29) is 30.4 Å². The van der Waals surface area contributed by atoms with Crippen LogP contribution < -0.4 is 10.2 Å². The van der Waals surface area contributed by atoms with Crippen LogP contribution in [0, 0.1) is 0 Å². The molecule has 1 aromatic rings. The molecule has 2 rings (SSSR count). The summed E-state index contributed by atoms with van der Waals surface area (Å²) < 4.78 is 29.3. The monoisotopic (exact) mass is 364 g/mol. The Labute approximate surface area is 124 Å². The van der Waals surface area contributed by atoms with Crippen LogP contribution in [0.2, 0.25) is 0 Å². The fourth-order valence-corrected chi connectivity index (χ4v) is 3.64. The Morgan fingerprint density at radius 2 is 2.15 bits per heavy atom. The van der Waals surface area contributed by atoms with Crippen LogP contribution in [0.3, 0.4) is 0 Å². The number of hydrogen-bond acceptors (Lipinski definition) is 5. The van der Waals surface area contributed by atoms with Crippen molar-refractivity contribution in [2.75, 3.05) is 25.6 Å². The largest absolute Gasteiger partial charge is 0.382 e. The Hall–Kier alpha value is -1.00. The molecule has 1 aromatic carbocycles. The van der Waals surface area contributed by atoms with Gasteiger partial charge in [-0.25, -0.2) is 8.42 Å². The molecule has 1 heterocycles. The van der Waals surface area contributed by atoms with Crippen LogP contribution in [0.1, 0.15) is 5.56 Å². The molecule has 0 saturated heterocycles. The van der Waals surface area contributed by atoms with Crippen molar-refractivity contribution >= 4 is 37.5 Å². The van der Waals surface area contributed by atoms with E-state index < -0.39 is 10.0 Å². The number of amides is 1. The van der Waals surface area contributed by atoms with Crippen molar-refractivity contribution in [1.29, 1.82) is 0 Å². The number of anilines is 1. The van der Waals surface area contributed by atoms with Crippen LogP contribution in [0.15, 0.2) is 21.5 Å². The van der Waals surface area contributed by atoms with Crippen LogP contribution >= 0.6 is 15.9 Å². The summed E-state index contributed by atoms with van der Waals surface area (Å²) in [4.78, 5) is 18.1. The highest BCUT2D eigenvalue weighted by molar-refractivity contribution is 9.10. The lowest BCUT2D eigenvalue weighted by atomic mass is 10.2. The molecule has 0 atom stereocenters. The topological polar surface area (TPSA) is 93.7 Å². The summed E-state index contributed by atoms with van der Waals surface area (Å²) in [6.07, 6.45) is 0.162. The lowest BCUT2D eigenvalue weighted by Gasteiger charge is -2.10. The number of benzene rings is 1. The summed E-state index contributed by atoms with van der Waals surface area (Å²) in [6, 6.07) is 3.00. The number of methoxy groups -OCH3 is 1. The molecule has 1 amide bonds. The molecule has 0 bridgehead atoms. The van der Waals surface area contributed by atoms with Gasteiger partial charge in [-0.3, -0.25) is 9.63 Å². The standard InChI is InChI=1S/C11H13BrN2O5S/c1-18-2-3-19-14-20(16,17)10-4-7-5-11(15)13-9(7)6-8(10)12/h4,6,14H,2-3,5H2,1H3,(H,13,15). The minimum atomic E-state index is -3.82. The summed E-state index contributed by atoms with van der Waals surface area (Å²) in [6.45, 7) is 0.366. The van der Waals surface area contributed by atoms with E-state index >= 15 is 0 Å². The number of hydrogen-bond donors (Lipinski definition) is 2. The highest BCUT2D eigenvalue weighted by Crippen LogP contribution is 2.32. The highest BCUT2D eigenvalue weighted by atomic mass is 79.9. The quantitative estimate of drug-likeness (QED) is 0.575. The number of carbonyl (C=O) groups excluding carboxylic acids is 1. The normalized spacial score (nSPS) is 14.2. The van der Waals surface area contributed by atoms with Gasteiger partial charge >= 0.3 is 0 Å². The maximum atomic E-state index is 12.1. The maximum Gasteiger partial charge on any atom is 0.263 e. The van der Waals surface area contributed by atoms with Gasteiger partial charge in [0.2, 0.25) is 5.91 Å². The van der Waals surface area contributed by atoms with Gasteiger partial charge in [-0.2, -0.15) is 0 Å². The van der Waals surface area contributed by atoms with Gasteiger partial charge in [0.15, 0.2) is 0 Å². The zero-order chi connectivity index (χ0) is 14.8. The van der Waals surface area contributed by atoms with Crippen LogP contribution in [-0.4, -0.2) is 34.6 Å².